The van der Waals surface area contributed by atoms with Crippen LogP contribution in [-0.2, 0) is 6.42 Å². The molecule has 3 N–H and O–H groups in total. The van der Waals surface area contributed by atoms with Gasteiger partial charge < -0.3 is 10.8 Å². The van der Waals surface area contributed by atoms with Gasteiger partial charge in [0.05, 0.1) is 5.69 Å². The molecule has 3 rings (SSSR count). The number of nitrogens with two attached hydrogens (primary N) is 1. The molecule has 3 nitrogen and oxygen atoms in total. The lowest BCUT2D eigenvalue weighted by Gasteiger charge is -2.12. The highest BCUT2D eigenvalue weighted by Crippen LogP contribution is 2.28. The van der Waals surface area contributed by atoms with Crippen molar-refractivity contribution < 1.29 is 5.11 Å². The van der Waals surface area contributed by atoms with Gasteiger partial charge in [0.15, 0.2) is 0 Å². The molecule has 0 aromatic heterocycles. The fraction of sp³-hybridized carbons (Fsp3) is 0.208. The number of phenolic OH excluding ortho intramolecular Hbond substituents is 1. The molecule has 0 bridgehead atoms. The summed E-state index contributed by atoms with van der Waals surface area (Å²) in [5, 5.41) is 9.90. The molecule has 0 radical (unpaired) electrons. The quantitative estimate of drug-likeness (QED) is 0.474. The Morgan fingerprint density at radius 3 is 1.93 bits per heavy atom. The summed E-state index contributed by atoms with van der Waals surface area (Å²) in [6, 6.07) is 15.9. The summed E-state index contributed by atoms with van der Waals surface area (Å²) in [6.45, 7) is 8.26. The van der Waals surface area contributed by atoms with E-state index in [4.69, 9.17) is 5.73 Å². The van der Waals surface area contributed by atoms with Gasteiger partial charge in [0.25, 0.3) is 0 Å². The van der Waals surface area contributed by atoms with Crippen molar-refractivity contribution in [1.82, 2.24) is 0 Å². The minimum absolute atomic E-state index is 0.238. The van der Waals surface area contributed by atoms with Crippen molar-refractivity contribution in [2.75, 3.05) is 5.73 Å². The Balaban J connectivity index is 1.88. The number of benzene rings is 3. The molecular weight excluding hydrogens is 332 g/mol. The molecule has 3 heteroatoms. The molecule has 0 amide bonds. The Morgan fingerprint density at radius 2 is 1.37 bits per heavy atom. The fourth-order valence-electron chi connectivity index (χ4n) is 3.48. The summed E-state index contributed by atoms with van der Waals surface area (Å²) in [4.78, 5) is 4.62. The van der Waals surface area contributed by atoms with Crippen LogP contribution in [0, 0.1) is 27.7 Å². The Kier molecular flexibility index (Phi) is 5.31. The monoisotopic (exact) mass is 358 g/mol. The number of rotatable bonds is 4. The van der Waals surface area contributed by atoms with Crippen LogP contribution in [0.1, 0.15) is 38.9 Å². The molecule has 138 valence electrons. The molecule has 0 unspecified atom stereocenters. The van der Waals surface area contributed by atoms with Crippen molar-refractivity contribution in [3.8, 4) is 5.75 Å². The minimum atomic E-state index is 0.238. The van der Waals surface area contributed by atoms with Gasteiger partial charge in [-0.3, -0.25) is 4.99 Å². The van der Waals surface area contributed by atoms with Gasteiger partial charge in [-0.05, 0) is 79.6 Å². The number of nitrogen functional groups attached to an aromatic ring is 1. The van der Waals surface area contributed by atoms with Crippen LogP contribution in [0.5, 0.6) is 5.75 Å². The lowest BCUT2D eigenvalue weighted by atomic mass is 9.96. The van der Waals surface area contributed by atoms with Gasteiger partial charge in [-0.15, -0.1) is 0 Å². The summed E-state index contributed by atoms with van der Waals surface area (Å²) in [7, 11) is 0. The molecule has 0 heterocycles. The molecule has 0 saturated heterocycles. The average molecular weight is 358 g/mol. The summed E-state index contributed by atoms with van der Waals surface area (Å²) in [5.41, 5.74) is 15.6. The van der Waals surface area contributed by atoms with Gasteiger partial charge in [0.1, 0.15) is 5.75 Å². The van der Waals surface area contributed by atoms with Gasteiger partial charge in [-0.25, -0.2) is 0 Å². The van der Waals surface area contributed by atoms with Crippen LogP contribution in [0.15, 0.2) is 53.5 Å². The van der Waals surface area contributed by atoms with Crippen LogP contribution in [0.2, 0.25) is 0 Å². The highest BCUT2D eigenvalue weighted by molar-refractivity contribution is 5.85. The third kappa shape index (κ3) is 4.20. The second-order valence-electron chi connectivity index (χ2n) is 7.22. The van der Waals surface area contributed by atoms with E-state index in [2.05, 4.69) is 57.0 Å². The van der Waals surface area contributed by atoms with E-state index in [1.807, 2.05) is 12.1 Å². The molecule has 0 saturated carbocycles. The van der Waals surface area contributed by atoms with Gasteiger partial charge >= 0.3 is 0 Å². The first-order chi connectivity index (χ1) is 12.8. The van der Waals surface area contributed by atoms with Gasteiger partial charge in [-0.1, -0.05) is 36.4 Å². The summed E-state index contributed by atoms with van der Waals surface area (Å²) < 4.78 is 0. The summed E-state index contributed by atoms with van der Waals surface area (Å²) in [5.74, 6) is 0.238. The third-order valence-electron chi connectivity index (χ3n) is 4.88. The lowest BCUT2D eigenvalue weighted by Crippen LogP contribution is -1.98. The van der Waals surface area contributed by atoms with Crippen molar-refractivity contribution in [3.63, 3.8) is 0 Å². The van der Waals surface area contributed by atoms with E-state index in [0.717, 1.165) is 40.0 Å². The van der Waals surface area contributed by atoms with Crippen LogP contribution in [0.4, 0.5) is 11.4 Å². The minimum Gasteiger partial charge on any atom is -0.507 e. The molecule has 0 spiro atoms. The standard InChI is InChI=1S/C24H26N2O/c1-15-9-19(10-16(2)23(15)25)13-20-11-17(3)24(18(4)12-20)26-14-21-7-5-6-8-22(21)27/h5-12,14,27H,13,25H2,1-4H3/b26-14+. The van der Waals surface area contributed by atoms with Crippen molar-refractivity contribution >= 4 is 17.6 Å². The maximum atomic E-state index is 9.90. The number of anilines is 1. The number of phenols is 1. The first-order valence-electron chi connectivity index (χ1n) is 9.13. The van der Waals surface area contributed by atoms with E-state index in [-0.39, 0.29) is 5.75 Å². The Hall–Kier alpha value is -3.07. The Bertz CT molecular complexity index is 973. The van der Waals surface area contributed by atoms with E-state index in [1.54, 1.807) is 18.3 Å². The van der Waals surface area contributed by atoms with Crippen LogP contribution in [0.3, 0.4) is 0 Å². The number of aliphatic imine (C=N–C) groups is 1. The van der Waals surface area contributed by atoms with Crippen LogP contribution >= 0.6 is 0 Å². The zero-order valence-corrected chi connectivity index (χ0v) is 16.4. The van der Waals surface area contributed by atoms with Crippen LogP contribution < -0.4 is 5.73 Å². The second-order valence-corrected chi connectivity index (χ2v) is 7.22. The largest absolute Gasteiger partial charge is 0.507 e. The molecule has 0 aliphatic carbocycles. The Morgan fingerprint density at radius 1 is 0.852 bits per heavy atom. The SMILES string of the molecule is Cc1cc(Cc2cc(C)c(/N=C/c3ccccc3O)c(C)c2)cc(C)c1N. The molecule has 0 fully saturated rings. The zero-order valence-electron chi connectivity index (χ0n) is 16.4. The van der Waals surface area contributed by atoms with Crippen LogP contribution in [-0.4, -0.2) is 11.3 Å². The van der Waals surface area contributed by atoms with E-state index in [1.165, 1.54) is 11.1 Å². The number of aryl methyl sites for hydroxylation is 4. The van der Waals surface area contributed by atoms with Gasteiger partial charge in [0, 0.05) is 17.5 Å². The van der Waals surface area contributed by atoms with E-state index in [9.17, 15) is 5.11 Å². The first kappa shape index (κ1) is 18.7. The number of nitrogens with zero attached hydrogens (tertiary/aromatic N) is 1. The summed E-state index contributed by atoms with van der Waals surface area (Å²) >= 11 is 0. The van der Waals surface area contributed by atoms with Crippen molar-refractivity contribution in [3.05, 3.63) is 87.5 Å². The number of hydrogen-bond acceptors (Lipinski definition) is 3. The first-order valence-corrected chi connectivity index (χ1v) is 9.13. The molecular formula is C24H26N2O. The average Bonchev–Trinajstić information content (AvgIpc) is 2.60. The zero-order chi connectivity index (χ0) is 19.6. The molecule has 27 heavy (non-hydrogen) atoms. The van der Waals surface area contributed by atoms with Crippen LogP contribution in [0.25, 0.3) is 0 Å². The lowest BCUT2D eigenvalue weighted by molar-refractivity contribution is 0.474. The smallest absolute Gasteiger partial charge is 0.124 e. The molecule has 0 aliphatic rings. The molecule has 0 aliphatic heterocycles. The number of hydrogen-bond donors (Lipinski definition) is 2. The Labute approximate surface area is 161 Å². The molecule has 3 aromatic carbocycles. The second kappa shape index (κ2) is 7.67. The highest BCUT2D eigenvalue weighted by Gasteiger charge is 2.07. The van der Waals surface area contributed by atoms with Gasteiger partial charge in [-0.2, -0.15) is 0 Å². The topological polar surface area (TPSA) is 58.6 Å². The highest BCUT2D eigenvalue weighted by atomic mass is 16.3. The summed E-state index contributed by atoms with van der Waals surface area (Å²) in [6.07, 6.45) is 2.59. The predicted molar refractivity (Wildman–Crippen MR) is 114 cm³/mol. The van der Waals surface area contributed by atoms with E-state index >= 15 is 0 Å². The maximum Gasteiger partial charge on any atom is 0.124 e. The number of para-hydroxylation sites is 1. The predicted octanol–water partition coefficient (Wildman–Crippen LogP) is 5.55. The molecule has 0 atom stereocenters. The van der Waals surface area contributed by atoms with E-state index in [0.29, 0.717) is 5.56 Å². The van der Waals surface area contributed by atoms with Crippen molar-refractivity contribution in [1.29, 1.82) is 0 Å². The third-order valence-corrected chi connectivity index (χ3v) is 4.88. The van der Waals surface area contributed by atoms with Crippen molar-refractivity contribution in [2.45, 2.75) is 34.1 Å². The van der Waals surface area contributed by atoms with Gasteiger partial charge in [0.2, 0.25) is 0 Å². The molecule has 3 aromatic rings. The van der Waals surface area contributed by atoms with Crippen molar-refractivity contribution in [2.24, 2.45) is 4.99 Å². The maximum absolute atomic E-state index is 9.90. The van der Waals surface area contributed by atoms with E-state index < -0.39 is 0 Å². The fourth-order valence-corrected chi connectivity index (χ4v) is 3.48. The number of aromatic hydroxyl groups is 1. The normalized spacial score (nSPS) is 11.3.